The van der Waals surface area contributed by atoms with Crippen molar-refractivity contribution in [2.75, 3.05) is 13.1 Å². The third-order valence-electron chi connectivity index (χ3n) is 5.85. The molecule has 1 aliphatic heterocycles. The molecule has 1 amide bonds. The lowest BCUT2D eigenvalue weighted by Gasteiger charge is -2.30. The second-order valence-corrected chi connectivity index (χ2v) is 11.2. The lowest BCUT2D eigenvalue weighted by Crippen LogP contribution is -2.39. The van der Waals surface area contributed by atoms with Gasteiger partial charge >= 0.3 is 0 Å². The number of rotatable bonds is 8. The number of thiophene rings is 1. The molecule has 0 spiro atoms. The first-order valence-corrected chi connectivity index (χ1v) is 13.2. The summed E-state index contributed by atoms with van der Waals surface area (Å²) < 4.78 is 27.5. The van der Waals surface area contributed by atoms with Crippen molar-refractivity contribution in [2.45, 2.75) is 43.7 Å². The molecule has 0 radical (unpaired) electrons. The maximum Gasteiger partial charge on any atom is 0.254 e. The number of hydrogen-bond donors (Lipinski definition) is 0. The standard InChI is InChI=1S/C25H28N2O3S2/c1-20(17-23-12-8-16-31-23)27(19-21-9-3-2-4-10-21)25(28)22-11-7-13-24(18-22)32(29,30)26-14-5-6-15-26/h2-4,7-13,16,18,20H,5-6,14-15,17,19H2,1H3. The molecule has 0 saturated carbocycles. The predicted octanol–water partition coefficient (Wildman–Crippen LogP) is 4.81. The number of carbonyl (C=O) groups excluding carboxylic acids is 1. The molecule has 0 N–H and O–H groups in total. The van der Waals surface area contributed by atoms with Gasteiger partial charge in [-0.05, 0) is 55.0 Å². The summed E-state index contributed by atoms with van der Waals surface area (Å²) in [4.78, 5) is 16.9. The number of carbonyl (C=O) groups is 1. The second kappa shape index (κ2) is 9.98. The molecule has 1 aliphatic rings. The quantitative estimate of drug-likeness (QED) is 0.477. The molecule has 1 atom stereocenters. The first-order chi connectivity index (χ1) is 15.4. The van der Waals surface area contributed by atoms with Gasteiger partial charge in [0.2, 0.25) is 10.0 Å². The van der Waals surface area contributed by atoms with Crippen molar-refractivity contribution in [1.82, 2.24) is 9.21 Å². The summed E-state index contributed by atoms with van der Waals surface area (Å²) in [6, 6.07) is 20.4. The molecule has 168 valence electrons. The van der Waals surface area contributed by atoms with E-state index in [0.29, 0.717) is 25.2 Å². The molecule has 5 nitrogen and oxygen atoms in total. The van der Waals surface area contributed by atoms with Crippen LogP contribution in [0.15, 0.2) is 77.0 Å². The third-order valence-corrected chi connectivity index (χ3v) is 8.64. The largest absolute Gasteiger partial charge is 0.331 e. The predicted molar refractivity (Wildman–Crippen MR) is 128 cm³/mol. The van der Waals surface area contributed by atoms with Gasteiger partial charge in [0.15, 0.2) is 0 Å². The Morgan fingerprint density at radius 2 is 1.78 bits per heavy atom. The van der Waals surface area contributed by atoms with Crippen molar-refractivity contribution in [1.29, 1.82) is 0 Å². The van der Waals surface area contributed by atoms with Crippen LogP contribution in [0.2, 0.25) is 0 Å². The number of benzene rings is 2. The number of amides is 1. The van der Waals surface area contributed by atoms with Crippen molar-refractivity contribution >= 4 is 27.3 Å². The van der Waals surface area contributed by atoms with Gasteiger partial charge in [0.1, 0.15) is 0 Å². The van der Waals surface area contributed by atoms with Gasteiger partial charge in [-0.1, -0.05) is 42.5 Å². The zero-order valence-electron chi connectivity index (χ0n) is 18.2. The third kappa shape index (κ3) is 5.11. The van der Waals surface area contributed by atoms with Crippen LogP contribution in [0.1, 0.15) is 40.6 Å². The van der Waals surface area contributed by atoms with E-state index in [4.69, 9.17) is 0 Å². The Bertz CT molecular complexity index is 1140. The average molecular weight is 469 g/mol. The van der Waals surface area contributed by atoms with Gasteiger partial charge in [-0.3, -0.25) is 4.79 Å². The van der Waals surface area contributed by atoms with Crippen LogP contribution in [0.3, 0.4) is 0 Å². The Morgan fingerprint density at radius 3 is 2.47 bits per heavy atom. The monoisotopic (exact) mass is 468 g/mol. The van der Waals surface area contributed by atoms with E-state index in [9.17, 15) is 13.2 Å². The van der Waals surface area contributed by atoms with Gasteiger partial charge in [0, 0.05) is 42.5 Å². The van der Waals surface area contributed by atoms with Crippen LogP contribution in [0, 0.1) is 0 Å². The van der Waals surface area contributed by atoms with Crippen LogP contribution in [-0.4, -0.2) is 42.7 Å². The van der Waals surface area contributed by atoms with E-state index in [1.807, 2.05) is 53.6 Å². The lowest BCUT2D eigenvalue weighted by atomic mass is 10.1. The average Bonchev–Trinajstić information content (AvgIpc) is 3.52. The molecule has 2 heterocycles. The van der Waals surface area contributed by atoms with E-state index in [0.717, 1.165) is 24.8 Å². The van der Waals surface area contributed by atoms with Gasteiger partial charge in [-0.2, -0.15) is 4.31 Å². The van der Waals surface area contributed by atoms with Crippen molar-refractivity contribution < 1.29 is 13.2 Å². The molecule has 32 heavy (non-hydrogen) atoms. The summed E-state index contributed by atoms with van der Waals surface area (Å²) in [5.41, 5.74) is 1.44. The summed E-state index contributed by atoms with van der Waals surface area (Å²) in [6.45, 7) is 3.59. The molecule has 2 aromatic carbocycles. The molecule has 3 aromatic rings. The normalized spacial score (nSPS) is 15.5. The first kappa shape index (κ1) is 22.7. The number of sulfonamides is 1. The first-order valence-electron chi connectivity index (χ1n) is 10.9. The molecular weight excluding hydrogens is 440 g/mol. The highest BCUT2D eigenvalue weighted by atomic mass is 32.2. The van der Waals surface area contributed by atoms with Crippen LogP contribution in [-0.2, 0) is 23.0 Å². The van der Waals surface area contributed by atoms with Crippen LogP contribution in [0.4, 0.5) is 0 Å². The topological polar surface area (TPSA) is 57.7 Å². The summed E-state index contributed by atoms with van der Waals surface area (Å²) in [5, 5.41) is 2.04. The van der Waals surface area contributed by atoms with E-state index >= 15 is 0 Å². The lowest BCUT2D eigenvalue weighted by molar-refractivity contribution is 0.0675. The molecular formula is C25H28N2O3S2. The fourth-order valence-corrected chi connectivity index (χ4v) is 6.46. The van der Waals surface area contributed by atoms with Gasteiger partial charge < -0.3 is 4.90 Å². The van der Waals surface area contributed by atoms with Crippen LogP contribution in [0.5, 0.6) is 0 Å². The minimum Gasteiger partial charge on any atom is -0.331 e. The van der Waals surface area contributed by atoms with Crippen LogP contribution < -0.4 is 0 Å². The smallest absolute Gasteiger partial charge is 0.254 e. The summed E-state index contributed by atoms with van der Waals surface area (Å²) >= 11 is 1.68. The van der Waals surface area contributed by atoms with Crippen molar-refractivity contribution in [3.05, 3.63) is 88.1 Å². The maximum absolute atomic E-state index is 13.6. The van der Waals surface area contributed by atoms with Gasteiger partial charge in [-0.25, -0.2) is 8.42 Å². The molecule has 0 aliphatic carbocycles. The molecule has 4 rings (SSSR count). The molecule has 1 unspecified atom stereocenters. The second-order valence-electron chi connectivity index (χ2n) is 8.19. The maximum atomic E-state index is 13.6. The van der Waals surface area contributed by atoms with E-state index in [1.54, 1.807) is 29.5 Å². The fraction of sp³-hybridized carbons (Fsp3) is 0.320. The Hall–Kier alpha value is -2.48. The van der Waals surface area contributed by atoms with E-state index in [-0.39, 0.29) is 16.8 Å². The zero-order valence-corrected chi connectivity index (χ0v) is 19.8. The summed E-state index contributed by atoms with van der Waals surface area (Å²) in [6.07, 6.45) is 2.51. The molecule has 1 fully saturated rings. The van der Waals surface area contributed by atoms with Crippen LogP contribution in [0.25, 0.3) is 0 Å². The van der Waals surface area contributed by atoms with E-state index in [2.05, 4.69) is 6.07 Å². The zero-order chi connectivity index (χ0) is 22.6. The molecule has 0 bridgehead atoms. The Balaban J connectivity index is 1.62. The van der Waals surface area contributed by atoms with Gasteiger partial charge in [0.25, 0.3) is 5.91 Å². The highest BCUT2D eigenvalue weighted by Crippen LogP contribution is 2.24. The van der Waals surface area contributed by atoms with E-state index < -0.39 is 10.0 Å². The molecule has 1 aromatic heterocycles. The Morgan fingerprint density at radius 1 is 1.03 bits per heavy atom. The minimum atomic E-state index is -3.58. The molecule has 1 saturated heterocycles. The van der Waals surface area contributed by atoms with Crippen molar-refractivity contribution in [3.8, 4) is 0 Å². The van der Waals surface area contributed by atoms with E-state index in [1.165, 1.54) is 15.2 Å². The van der Waals surface area contributed by atoms with Gasteiger partial charge in [0.05, 0.1) is 4.90 Å². The van der Waals surface area contributed by atoms with Crippen LogP contribution >= 0.6 is 11.3 Å². The Kier molecular flexibility index (Phi) is 7.08. The van der Waals surface area contributed by atoms with Gasteiger partial charge in [-0.15, -0.1) is 11.3 Å². The Labute approximate surface area is 194 Å². The fourth-order valence-electron chi connectivity index (χ4n) is 4.07. The number of hydrogen-bond acceptors (Lipinski definition) is 4. The SMILES string of the molecule is CC(Cc1cccs1)N(Cc1ccccc1)C(=O)c1cccc(S(=O)(=O)N2CCCC2)c1. The number of nitrogens with zero attached hydrogens (tertiary/aromatic N) is 2. The highest BCUT2D eigenvalue weighted by molar-refractivity contribution is 7.89. The summed E-state index contributed by atoms with van der Waals surface area (Å²) in [5.74, 6) is -0.156. The van der Waals surface area contributed by atoms with Crippen molar-refractivity contribution in [2.24, 2.45) is 0 Å². The highest BCUT2D eigenvalue weighted by Gasteiger charge is 2.29. The van der Waals surface area contributed by atoms with Crippen molar-refractivity contribution in [3.63, 3.8) is 0 Å². The minimum absolute atomic E-state index is 0.0415. The summed E-state index contributed by atoms with van der Waals surface area (Å²) in [7, 11) is -3.58. The molecule has 7 heteroatoms.